The molecule has 0 saturated heterocycles. The van der Waals surface area contributed by atoms with E-state index in [9.17, 15) is 0 Å². The molecule has 0 unspecified atom stereocenters. The van der Waals surface area contributed by atoms with E-state index in [1.54, 1.807) is 7.05 Å². The Balaban J connectivity index is 1.94. The van der Waals surface area contributed by atoms with Crippen LogP contribution in [-0.4, -0.2) is 30.3 Å². The average molecular weight is 248 g/mol. The van der Waals surface area contributed by atoms with Crippen molar-refractivity contribution in [2.75, 3.05) is 0 Å². The Morgan fingerprint density at radius 1 is 1.33 bits per heavy atom. The van der Waals surface area contributed by atoms with Crippen molar-refractivity contribution in [2.45, 2.75) is 39.4 Å². The number of hydrogen-bond donors (Lipinski definition) is 1. The lowest BCUT2D eigenvalue weighted by Gasteiger charge is -2.19. The van der Waals surface area contributed by atoms with Gasteiger partial charge in [-0.3, -0.25) is 0 Å². The van der Waals surface area contributed by atoms with Crippen LogP contribution in [0.3, 0.4) is 0 Å². The SMILES string of the molecule is Cn1nnc(Cn2ccc(CNC(C)(C)C)c2)n1. The molecule has 0 bridgehead atoms. The topological polar surface area (TPSA) is 60.6 Å². The number of hydrogen-bond acceptors (Lipinski definition) is 4. The van der Waals surface area contributed by atoms with Crippen molar-refractivity contribution in [3.63, 3.8) is 0 Å². The Labute approximate surface area is 107 Å². The third-order valence-corrected chi connectivity index (χ3v) is 2.51. The van der Waals surface area contributed by atoms with Gasteiger partial charge in [-0.2, -0.15) is 4.80 Å². The van der Waals surface area contributed by atoms with Gasteiger partial charge in [-0.15, -0.1) is 10.2 Å². The summed E-state index contributed by atoms with van der Waals surface area (Å²) in [5, 5.41) is 15.4. The van der Waals surface area contributed by atoms with Crippen LogP contribution < -0.4 is 5.32 Å². The van der Waals surface area contributed by atoms with Gasteiger partial charge in [0, 0.05) is 24.5 Å². The Kier molecular flexibility index (Phi) is 3.47. The van der Waals surface area contributed by atoms with Crippen LogP contribution in [-0.2, 0) is 20.1 Å². The maximum Gasteiger partial charge on any atom is 0.194 e. The van der Waals surface area contributed by atoms with Gasteiger partial charge in [-0.1, -0.05) is 0 Å². The summed E-state index contributed by atoms with van der Waals surface area (Å²) < 4.78 is 2.07. The van der Waals surface area contributed by atoms with Crippen LogP contribution in [0.5, 0.6) is 0 Å². The first-order chi connectivity index (χ1) is 8.42. The molecule has 6 heteroatoms. The molecule has 6 nitrogen and oxygen atoms in total. The minimum Gasteiger partial charge on any atom is -0.346 e. The Morgan fingerprint density at radius 3 is 2.72 bits per heavy atom. The van der Waals surface area contributed by atoms with Crippen molar-refractivity contribution < 1.29 is 0 Å². The van der Waals surface area contributed by atoms with Crippen LogP contribution in [0.15, 0.2) is 18.5 Å². The summed E-state index contributed by atoms with van der Waals surface area (Å²) >= 11 is 0. The van der Waals surface area contributed by atoms with Crippen LogP contribution in [0.2, 0.25) is 0 Å². The summed E-state index contributed by atoms with van der Waals surface area (Å²) in [4.78, 5) is 1.47. The lowest BCUT2D eigenvalue weighted by Crippen LogP contribution is -2.34. The first-order valence-corrected chi connectivity index (χ1v) is 6.05. The molecule has 2 aromatic rings. The highest BCUT2D eigenvalue weighted by Crippen LogP contribution is 2.06. The molecule has 0 aliphatic heterocycles. The third kappa shape index (κ3) is 3.66. The predicted molar refractivity (Wildman–Crippen MR) is 68.9 cm³/mol. The zero-order chi connectivity index (χ0) is 13.2. The second-order valence-electron chi connectivity index (χ2n) is 5.49. The smallest absolute Gasteiger partial charge is 0.194 e. The molecule has 0 aliphatic rings. The summed E-state index contributed by atoms with van der Waals surface area (Å²) in [5.74, 6) is 0.725. The molecule has 1 N–H and O–H groups in total. The maximum absolute atomic E-state index is 4.16. The minimum atomic E-state index is 0.133. The van der Waals surface area contributed by atoms with E-state index in [-0.39, 0.29) is 5.54 Å². The van der Waals surface area contributed by atoms with Gasteiger partial charge in [0.25, 0.3) is 0 Å². The van der Waals surface area contributed by atoms with Crippen molar-refractivity contribution in [1.82, 2.24) is 30.1 Å². The van der Waals surface area contributed by atoms with E-state index < -0.39 is 0 Å². The molecule has 0 fully saturated rings. The van der Waals surface area contributed by atoms with Crippen LogP contribution in [0.25, 0.3) is 0 Å². The first kappa shape index (κ1) is 12.8. The zero-order valence-corrected chi connectivity index (χ0v) is 11.4. The van der Waals surface area contributed by atoms with E-state index in [4.69, 9.17) is 0 Å². The molecule has 0 aromatic carbocycles. The summed E-state index contributed by atoms with van der Waals surface area (Å²) in [6.45, 7) is 8.00. The molecule has 0 aliphatic carbocycles. The van der Waals surface area contributed by atoms with E-state index in [1.807, 2.05) is 6.20 Å². The highest BCUT2D eigenvalue weighted by Gasteiger charge is 2.09. The summed E-state index contributed by atoms with van der Waals surface area (Å²) in [6.07, 6.45) is 4.14. The number of nitrogens with zero attached hydrogens (tertiary/aromatic N) is 5. The normalized spacial score (nSPS) is 12.0. The van der Waals surface area contributed by atoms with Gasteiger partial charge in [-0.05, 0) is 37.6 Å². The highest BCUT2D eigenvalue weighted by molar-refractivity contribution is 5.11. The third-order valence-electron chi connectivity index (χ3n) is 2.51. The molecule has 98 valence electrons. The summed E-state index contributed by atoms with van der Waals surface area (Å²) in [7, 11) is 1.77. The maximum atomic E-state index is 4.16. The monoisotopic (exact) mass is 248 g/mol. The molecular weight excluding hydrogens is 228 g/mol. The molecule has 2 rings (SSSR count). The summed E-state index contributed by atoms with van der Waals surface area (Å²) in [6, 6.07) is 2.11. The van der Waals surface area contributed by atoms with E-state index in [0.29, 0.717) is 6.54 Å². The van der Waals surface area contributed by atoms with Crippen LogP contribution >= 0.6 is 0 Å². The Morgan fingerprint density at radius 2 is 2.11 bits per heavy atom. The zero-order valence-electron chi connectivity index (χ0n) is 11.4. The fraction of sp³-hybridized carbons (Fsp3) is 0.583. The first-order valence-electron chi connectivity index (χ1n) is 6.05. The average Bonchev–Trinajstić information content (AvgIpc) is 2.85. The van der Waals surface area contributed by atoms with E-state index in [0.717, 1.165) is 12.4 Å². The lowest BCUT2D eigenvalue weighted by molar-refractivity contribution is 0.424. The van der Waals surface area contributed by atoms with Crippen LogP contribution in [0.4, 0.5) is 0 Å². The van der Waals surface area contributed by atoms with E-state index >= 15 is 0 Å². The Bertz CT molecular complexity index is 505. The molecule has 0 radical (unpaired) electrons. The van der Waals surface area contributed by atoms with Gasteiger partial charge in [0.2, 0.25) is 0 Å². The highest BCUT2D eigenvalue weighted by atomic mass is 15.6. The van der Waals surface area contributed by atoms with Crippen molar-refractivity contribution in [3.8, 4) is 0 Å². The molecule has 18 heavy (non-hydrogen) atoms. The van der Waals surface area contributed by atoms with Gasteiger partial charge in [0.1, 0.15) is 0 Å². The number of rotatable bonds is 4. The molecular formula is C12H20N6. The lowest BCUT2D eigenvalue weighted by atomic mass is 10.1. The molecule has 0 amide bonds. The molecule has 2 heterocycles. The van der Waals surface area contributed by atoms with Gasteiger partial charge in [-0.25, -0.2) is 0 Å². The number of aryl methyl sites for hydroxylation is 1. The van der Waals surface area contributed by atoms with Crippen molar-refractivity contribution in [2.24, 2.45) is 7.05 Å². The van der Waals surface area contributed by atoms with E-state index in [2.05, 4.69) is 58.3 Å². The largest absolute Gasteiger partial charge is 0.346 e. The van der Waals surface area contributed by atoms with Crippen molar-refractivity contribution in [1.29, 1.82) is 0 Å². The molecule has 0 atom stereocenters. The summed E-state index contributed by atoms with van der Waals surface area (Å²) in [5.41, 5.74) is 1.39. The molecule has 0 spiro atoms. The quantitative estimate of drug-likeness (QED) is 0.875. The molecule has 0 saturated carbocycles. The van der Waals surface area contributed by atoms with Gasteiger partial charge >= 0.3 is 0 Å². The van der Waals surface area contributed by atoms with Crippen LogP contribution in [0.1, 0.15) is 32.2 Å². The number of tetrazole rings is 1. The standard InChI is InChI=1S/C12H20N6/c1-12(2,3)13-7-10-5-6-18(8-10)9-11-14-16-17(4)15-11/h5-6,8,13H,7,9H2,1-4H3. The molecule has 2 aromatic heterocycles. The van der Waals surface area contributed by atoms with Gasteiger partial charge < -0.3 is 9.88 Å². The van der Waals surface area contributed by atoms with Crippen LogP contribution in [0, 0.1) is 0 Å². The van der Waals surface area contributed by atoms with E-state index in [1.165, 1.54) is 10.4 Å². The van der Waals surface area contributed by atoms with Crippen molar-refractivity contribution in [3.05, 3.63) is 29.8 Å². The fourth-order valence-corrected chi connectivity index (χ4v) is 1.61. The predicted octanol–water partition coefficient (Wildman–Crippen LogP) is 0.948. The minimum absolute atomic E-state index is 0.133. The van der Waals surface area contributed by atoms with Gasteiger partial charge in [0.05, 0.1) is 13.6 Å². The van der Waals surface area contributed by atoms with Crippen molar-refractivity contribution >= 4 is 0 Å². The number of nitrogens with one attached hydrogen (secondary N) is 1. The van der Waals surface area contributed by atoms with Gasteiger partial charge in [0.15, 0.2) is 5.82 Å². The fourth-order valence-electron chi connectivity index (χ4n) is 1.61. The Hall–Kier alpha value is -1.69. The number of aromatic nitrogens is 5. The second kappa shape index (κ2) is 4.89. The second-order valence-corrected chi connectivity index (χ2v) is 5.49.